The van der Waals surface area contributed by atoms with Gasteiger partial charge in [-0.3, -0.25) is 0 Å². The highest BCUT2D eigenvalue weighted by Gasteiger charge is 2.14. The summed E-state index contributed by atoms with van der Waals surface area (Å²) in [6.07, 6.45) is 1.27. The minimum absolute atomic E-state index is 0.329. The first kappa shape index (κ1) is 9.96. The molecular weight excluding hydrogens is 150 g/mol. The van der Waals surface area contributed by atoms with E-state index in [2.05, 4.69) is 23.8 Å². The molecule has 0 saturated carbocycles. The van der Waals surface area contributed by atoms with Crippen LogP contribution in [0, 0.1) is 0 Å². The summed E-state index contributed by atoms with van der Waals surface area (Å²) in [7, 11) is 2.15. The number of hydrogen-bond donors (Lipinski definition) is 1. The third kappa shape index (κ3) is 3.09. The van der Waals surface area contributed by atoms with Gasteiger partial charge in [0.1, 0.15) is 0 Å². The smallest absolute Gasteiger partial charge is 0.0297 e. The summed E-state index contributed by atoms with van der Waals surface area (Å²) < 4.78 is 0. The van der Waals surface area contributed by atoms with E-state index in [1.54, 1.807) is 0 Å². The quantitative estimate of drug-likeness (QED) is 0.601. The van der Waals surface area contributed by atoms with Gasteiger partial charge in [0.05, 0.1) is 0 Å². The van der Waals surface area contributed by atoms with Gasteiger partial charge in [-0.1, -0.05) is 6.92 Å². The van der Waals surface area contributed by atoms with Gasteiger partial charge in [0.25, 0.3) is 0 Å². The van der Waals surface area contributed by atoms with E-state index in [-0.39, 0.29) is 0 Å². The van der Waals surface area contributed by atoms with E-state index in [4.69, 9.17) is 5.73 Å². The molecule has 72 valence electrons. The van der Waals surface area contributed by atoms with Gasteiger partial charge in [0, 0.05) is 19.1 Å². The second-order valence-corrected chi connectivity index (χ2v) is 3.77. The molecule has 0 aromatic carbocycles. The molecule has 3 heteroatoms. The second kappa shape index (κ2) is 4.80. The molecule has 0 spiro atoms. The molecule has 0 aromatic heterocycles. The number of nitrogens with zero attached hydrogens (tertiary/aromatic N) is 2. The minimum Gasteiger partial charge on any atom is -0.325 e. The van der Waals surface area contributed by atoms with Crippen molar-refractivity contribution in [2.24, 2.45) is 5.73 Å². The summed E-state index contributed by atoms with van der Waals surface area (Å²) in [5, 5.41) is 0. The lowest BCUT2D eigenvalue weighted by Gasteiger charge is -2.31. The molecule has 2 N–H and O–H groups in total. The molecule has 3 nitrogen and oxygen atoms in total. The molecule has 1 atom stereocenters. The lowest BCUT2D eigenvalue weighted by molar-refractivity contribution is 0.190. The zero-order chi connectivity index (χ0) is 8.97. The first-order valence-corrected chi connectivity index (χ1v) is 4.89. The van der Waals surface area contributed by atoms with Gasteiger partial charge in [0.2, 0.25) is 0 Å². The Hall–Kier alpha value is -0.120. The maximum Gasteiger partial charge on any atom is 0.0297 e. The van der Waals surface area contributed by atoms with E-state index < -0.39 is 0 Å². The van der Waals surface area contributed by atoms with Crippen LogP contribution in [0.4, 0.5) is 0 Å². The molecule has 1 aliphatic heterocycles. The third-order valence-corrected chi connectivity index (χ3v) is 2.50. The van der Waals surface area contributed by atoms with Crippen LogP contribution in [0.25, 0.3) is 0 Å². The van der Waals surface area contributed by atoms with Crippen molar-refractivity contribution < 1.29 is 0 Å². The molecule has 1 aliphatic rings. The molecule has 0 bridgehead atoms. The Bertz CT molecular complexity index is 127. The second-order valence-electron chi connectivity index (χ2n) is 3.77. The van der Waals surface area contributed by atoms with Gasteiger partial charge in [-0.25, -0.2) is 0 Å². The van der Waals surface area contributed by atoms with Crippen LogP contribution in [0.5, 0.6) is 0 Å². The molecule has 12 heavy (non-hydrogen) atoms. The predicted octanol–water partition coefficient (Wildman–Crippen LogP) is -0.0289. The lowest BCUT2D eigenvalue weighted by atomic mass is 10.2. The Kier molecular flexibility index (Phi) is 3.98. The van der Waals surface area contributed by atoms with Gasteiger partial charge in [-0.2, -0.15) is 0 Å². The molecule has 1 saturated heterocycles. The van der Waals surface area contributed by atoms with E-state index in [0.717, 1.165) is 19.6 Å². The standard InChI is InChI=1S/C9H21N3/c1-3-12-6-4-5-11(2)7-9(10)8-12/h9H,3-8,10H2,1-2H3/t9-/m1/s1. The fourth-order valence-electron chi connectivity index (χ4n) is 1.82. The van der Waals surface area contributed by atoms with Crippen molar-refractivity contribution in [3.63, 3.8) is 0 Å². The largest absolute Gasteiger partial charge is 0.325 e. The van der Waals surface area contributed by atoms with Gasteiger partial charge < -0.3 is 15.5 Å². The summed E-state index contributed by atoms with van der Waals surface area (Å²) in [6.45, 7) is 7.82. The molecular formula is C9H21N3. The summed E-state index contributed by atoms with van der Waals surface area (Å²) in [6, 6.07) is 0.329. The molecule has 1 rings (SSSR count). The van der Waals surface area contributed by atoms with Gasteiger partial charge in [-0.15, -0.1) is 0 Å². The molecule has 0 radical (unpaired) electrons. The lowest BCUT2D eigenvalue weighted by Crippen LogP contribution is -2.47. The zero-order valence-corrected chi connectivity index (χ0v) is 8.29. The van der Waals surface area contributed by atoms with Crippen molar-refractivity contribution in [3.8, 4) is 0 Å². The molecule has 0 amide bonds. The minimum atomic E-state index is 0.329. The maximum absolute atomic E-state index is 5.98. The van der Waals surface area contributed by atoms with Crippen molar-refractivity contribution in [2.45, 2.75) is 19.4 Å². The highest BCUT2D eigenvalue weighted by molar-refractivity contribution is 4.74. The molecule has 1 fully saturated rings. The van der Waals surface area contributed by atoms with Crippen molar-refractivity contribution in [2.75, 3.05) is 39.8 Å². The molecule has 1 heterocycles. The predicted molar refractivity (Wildman–Crippen MR) is 52.2 cm³/mol. The van der Waals surface area contributed by atoms with Crippen LogP contribution in [0.15, 0.2) is 0 Å². The Labute approximate surface area is 75.5 Å². The number of likely N-dealkylation sites (N-methyl/N-ethyl adjacent to an activating group) is 2. The Morgan fingerprint density at radius 1 is 1.33 bits per heavy atom. The molecule has 0 aromatic rings. The SMILES string of the molecule is CCN1CCCN(C)C[C@@H](N)C1. The Balaban J connectivity index is 2.37. The fourth-order valence-corrected chi connectivity index (χ4v) is 1.82. The fraction of sp³-hybridized carbons (Fsp3) is 1.00. The number of nitrogens with two attached hydrogens (primary N) is 1. The summed E-state index contributed by atoms with van der Waals surface area (Å²) in [4.78, 5) is 4.77. The summed E-state index contributed by atoms with van der Waals surface area (Å²) in [5.74, 6) is 0. The highest BCUT2D eigenvalue weighted by Crippen LogP contribution is 2.00. The number of hydrogen-bond acceptors (Lipinski definition) is 3. The van der Waals surface area contributed by atoms with Crippen molar-refractivity contribution in [1.82, 2.24) is 9.80 Å². The van der Waals surface area contributed by atoms with Crippen molar-refractivity contribution in [1.29, 1.82) is 0 Å². The first-order chi connectivity index (χ1) is 5.72. The van der Waals surface area contributed by atoms with Crippen LogP contribution in [0.1, 0.15) is 13.3 Å². The van der Waals surface area contributed by atoms with Crippen LogP contribution in [-0.4, -0.2) is 55.6 Å². The van der Waals surface area contributed by atoms with Crippen LogP contribution in [0.3, 0.4) is 0 Å². The monoisotopic (exact) mass is 171 g/mol. The average Bonchev–Trinajstić information content (AvgIpc) is 1.99. The highest BCUT2D eigenvalue weighted by atomic mass is 15.2. The maximum atomic E-state index is 5.98. The molecule has 0 aliphatic carbocycles. The van der Waals surface area contributed by atoms with E-state index in [0.29, 0.717) is 6.04 Å². The Morgan fingerprint density at radius 2 is 2.08 bits per heavy atom. The van der Waals surface area contributed by atoms with E-state index >= 15 is 0 Å². The average molecular weight is 171 g/mol. The third-order valence-electron chi connectivity index (χ3n) is 2.50. The summed E-state index contributed by atoms with van der Waals surface area (Å²) >= 11 is 0. The van der Waals surface area contributed by atoms with E-state index in [1.807, 2.05) is 0 Å². The zero-order valence-electron chi connectivity index (χ0n) is 8.29. The Morgan fingerprint density at radius 3 is 2.75 bits per heavy atom. The van der Waals surface area contributed by atoms with Crippen LogP contribution in [-0.2, 0) is 0 Å². The topological polar surface area (TPSA) is 32.5 Å². The van der Waals surface area contributed by atoms with Crippen LogP contribution in [0.2, 0.25) is 0 Å². The molecule has 0 unspecified atom stereocenters. The van der Waals surface area contributed by atoms with Crippen molar-refractivity contribution in [3.05, 3.63) is 0 Å². The normalized spacial score (nSPS) is 29.8. The van der Waals surface area contributed by atoms with Crippen LogP contribution >= 0.6 is 0 Å². The first-order valence-electron chi connectivity index (χ1n) is 4.89. The van der Waals surface area contributed by atoms with Gasteiger partial charge in [0.15, 0.2) is 0 Å². The number of rotatable bonds is 1. The van der Waals surface area contributed by atoms with Crippen LogP contribution < -0.4 is 5.73 Å². The van der Waals surface area contributed by atoms with E-state index in [9.17, 15) is 0 Å². The van der Waals surface area contributed by atoms with E-state index in [1.165, 1.54) is 19.5 Å². The van der Waals surface area contributed by atoms with Gasteiger partial charge >= 0.3 is 0 Å². The van der Waals surface area contributed by atoms with Crippen molar-refractivity contribution >= 4 is 0 Å². The van der Waals surface area contributed by atoms with Gasteiger partial charge in [-0.05, 0) is 33.1 Å². The summed E-state index contributed by atoms with van der Waals surface area (Å²) in [5.41, 5.74) is 5.98.